The van der Waals surface area contributed by atoms with Gasteiger partial charge in [0, 0.05) is 23.3 Å². The third kappa shape index (κ3) is 5.17. The van der Waals surface area contributed by atoms with Crippen LogP contribution in [0, 0.1) is 28.1 Å². The Labute approximate surface area is 183 Å². The molecule has 1 amide bonds. The summed E-state index contributed by atoms with van der Waals surface area (Å²) in [6.45, 7) is 15.2. The fraction of sp³-hybridized carbons (Fsp3) is 0.692. The van der Waals surface area contributed by atoms with Crippen LogP contribution in [-0.4, -0.2) is 18.1 Å². The topological polar surface area (TPSA) is 62.1 Å². The Morgan fingerprint density at radius 2 is 1.87 bits per heavy atom. The van der Waals surface area contributed by atoms with Gasteiger partial charge in [-0.1, -0.05) is 67.7 Å². The molecule has 4 heteroatoms. The van der Waals surface area contributed by atoms with Crippen molar-refractivity contribution in [2.75, 3.05) is 0 Å². The molecule has 0 unspecified atom stereocenters. The minimum Gasteiger partial charge on any atom is -0.489 e. The van der Waals surface area contributed by atoms with E-state index in [9.17, 15) is 10.1 Å². The normalized spacial score (nSPS) is 22.5. The standard InChI is InChI=1S/C26H40N2O2/c1-8-11-18(3)12-10-13-22(29)28-23-25(4,5)24(26(23,6)7)30-21-15-14-20(17-27)19(9-2)16-21/h14-16,18,23-24H,8-13H2,1-7H3,(H,28,29)/t18-,23-,24-/m0/s1. The van der Waals surface area contributed by atoms with E-state index in [4.69, 9.17) is 4.74 Å². The lowest BCUT2D eigenvalue weighted by Crippen LogP contribution is -2.74. The molecule has 0 bridgehead atoms. The van der Waals surface area contributed by atoms with Crippen molar-refractivity contribution in [2.24, 2.45) is 16.7 Å². The van der Waals surface area contributed by atoms with Crippen molar-refractivity contribution < 1.29 is 9.53 Å². The molecular weight excluding hydrogens is 372 g/mol. The molecule has 0 aromatic heterocycles. The predicted octanol–water partition coefficient (Wildman–Crippen LogP) is 6.03. The van der Waals surface area contributed by atoms with Crippen molar-refractivity contribution >= 4 is 5.91 Å². The van der Waals surface area contributed by atoms with Crippen molar-refractivity contribution in [3.05, 3.63) is 29.3 Å². The Morgan fingerprint density at radius 1 is 1.20 bits per heavy atom. The number of ether oxygens (including phenoxy) is 1. The summed E-state index contributed by atoms with van der Waals surface area (Å²) in [6.07, 6.45) is 5.88. The number of hydrogen-bond acceptors (Lipinski definition) is 3. The molecule has 1 atom stereocenters. The molecule has 0 spiro atoms. The lowest BCUT2D eigenvalue weighted by atomic mass is 9.49. The molecule has 2 rings (SSSR count). The van der Waals surface area contributed by atoms with Crippen molar-refractivity contribution in [2.45, 2.75) is 99.1 Å². The van der Waals surface area contributed by atoms with Crippen LogP contribution in [0.15, 0.2) is 18.2 Å². The molecule has 1 fully saturated rings. The quantitative estimate of drug-likeness (QED) is 0.511. The second-order valence-corrected chi connectivity index (χ2v) is 10.2. The Bertz CT molecular complexity index is 760. The average Bonchev–Trinajstić information content (AvgIpc) is 2.69. The number of nitrogens with zero attached hydrogens (tertiary/aromatic N) is 1. The molecule has 0 radical (unpaired) electrons. The number of carbonyl (C=O) groups is 1. The molecule has 1 aliphatic rings. The summed E-state index contributed by atoms with van der Waals surface area (Å²) in [5.74, 6) is 1.64. The van der Waals surface area contributed by atoms with E-state index in [1.54, 1.807) is 0 Å². The van der Waals surface area contributed by atoms with Crippen molar-refractivity contribution in [1.29, 1.82) is 5.26 Å². The maximum absolute atomic E-state index is 12.6. The summed E-state index contributed by atoms with van der Waals surface area (Å²) in [5.41, 5.74) is 1.37. The maximum Gasteiger partial charge on any atom is 0.220 e. The lowest BCUT2D eigenvalue weighted by molar-refractivity contribution is -0.173. The van der Waals surface area contributed by atoms with E-state index in [0.717, 1.165) is 30.6 Å². The van der Waals surface area contributed by atoms with Crippen LogP contribution in [0.25, 0.3) is 0 Å². The molecular formula is C26H40N2O2. The Balaban J connectivity index is 1.99. The molecule has 1 N–H and O–H groups in total. The van der Waals surface area contributed by atoms with Crippen LogP contribution < -0.4 is 10.1 Å². The van der Waals surface area contributed by atoms with Gasteiger partial charge < -0.3 is 10.1 Å². The molecule has 166 valence electrons. The fourth-order valence-electron chi connectivity index (χ4n) is 5.46. The van der Waals surface area contributed by atoms with Crippen LogP contribution in [-0.2, 0) is 11.2 Å². The van der Waals surface area contributed by atoms with Crippen molar-refractivity contribution in [3.63, 3.8) is 0 Å². The number of aryl methyl sites for hydroxylation is 1. The first-order chi connectivity index (χ1) is 14.1. The Morgan fingerprint density at radius 3 is 2.43 bits per heavy atom. The van der Waals surface area contributed by atoms with E-state index < -0.39 is 0 Å². The molecule has 0 heterocycles. The summed E-state index contributed by atoms with van der Waals surface area (Å²) in [6, 6.07) is 8.01. The van der Waals surface area contributed by atoms with Gasteiger partial charge in [-0.25, -0.2) is 0 Å². The molecule has 1 aromatic carbocycles. The molecule has 30 heavy (non-hydrogen) atoms. The molecule has 4 nitrogen and oxygen atoms in total. The van der Waals surface area contributed by atoms with Gasteiger partial charge in [0.1, 0.15) is 11.9 Å². The Kier molecular flexibility index (Phi) is 7.97. The summed E-state index contributed by atoms with van der Waals surface area (Å²) < 4.78 is 6.41. The predicted molar refractivity (Wildman–Crippen MR) is 122 cm³/mol. The highest BCUT2D eigenvalue weighted by Crippen LogP contribution is 2.55. The van der Waals surface area contributed by atoms with Crippen molar-refractivity contribution in [3.8, 4) is 11.8 Å². The zero-order chi connectivity index (χ0) is 22.5. The third-order valence-corrected chi connectivity index (χ3v) is 6.86. The van der Waals surface area contributed by atoms with E-state index >= 15 is 0 Å². The van der Waals surface area contributed by atoms with E-state index in [1.165, 1.54) is 12.8 Å². The molecule has 0 aliphatic heterocycles. The number of hydrogen-bond donors (Lipinski definition) is 1. The fourth-order valence-corrected chi connectivity index (χ4v) is 5.46. The highest BCUT2D eigenvalue weighted by molar-refractivity contribution is 5.76. The van der Waals surface area contributed by atoms with Gasteiger partial charge in [-0.15, -0.1) is 0 Å². The number of carbonyl (C=O) groups excluding carboxylic acids is 1. The summed E-state index contributed by atoms with van der Waals surface area (Å²) >= 11 is 0. The van der Waals surface area contributed by atoms with Crippen LogP contribution in [0.4, 0.5) is 0 Å². The number of nitrogens with one attached hydrogen (secondary N) is 1. The highest BCUT2D eigenvalue weighted by atomic mass is 16.5. The first kappa shape index (κ1) is 24.3. The third-order valence-electron chi connectivity index (χ3n) is 6.86. The van der Waals surface area contributed by atoms with Gasteiger partial charge >= 0.3 is 0 Å². The monoisotopic (exact) mass is 412 g/mol. The molecule has 1 aromatic rings. The second-order valence-electron chi connectivity index (χ2n) is 10.2. The maximum atomic E-state index is 12.6. The second kappa shape index (κ2) is 9.86. The van der Waals surface area contributed by atoms with E-state index in [-0.39, 0.29) is 28.9 Å². The van der Waals surface area contributed by atoms with Crippen LogP contribution in [0.5, 0.6) is 5.75 Å². The van der Waals surface area contributed by atoms with Gasteiger partial charge in [-0.3, -0.25) is 4.79 Å². The zero-order valence-electron chi connectivity index (χ0n) is 20.0. The van der Waals surface area contributed by atoms with Gasteiger partial charge in [-0.2, -0.15) is 5.26 Å². The van der Waals surface area contributed by atoms with Crippen LogP contribution in [0.1, 0.15) is 91.7 Å². The number of nitriles is 1. The van der Waals surface area contributed by atoms with Crippen LogP contribution in [0.3, 0.4) is 0 Å². The number of benzene rings is 1. The minimum absolute atomic E-state index is 0.0162. The minimum atomic E-state index is -0.172. The van der Waals surface area contributed by atoms with E-state index in [2.05, 4.69) is 52.9 Å². The van der Waals surface area contributed by atoms with E-state index in [1.807, 2.05) is 25.1 Å². The largest absolute Gasteiger partial charge is 0.489 e. The van der Waals surface area contributed by atoms with Crippen molar-refractivity contribution in [1.82, 2.24) is 5.32 Å². The average molecular weight is 413 g/mol. The first-order valence-corrected chi connectivity index (χ1v) is 11.6. The smallest absolute Gasteiger partial charge is 0.220 e. The summed E-state index contributed by atoms with van der Waals surface area (Å²) in [4.78, 5) is 12.6. The van der Waals surface area contributed by atoms with Gasteiger partial charge in [0.25, 0.3) is 0 Å². The van der Waals surface area contributed by atoms with E-state index in [0.29, 0.717) is 17.9 Å². The highest BCUT2D eigenvalue weighted by Gasteiger charge is 2.64. The van der Waals surface area contributed by atoms with Gasteiger partial charge in [-0.05, 0) is 42.5 Å². The van der Waals surface area contributed by atoms with Gasteiger partial charge in [0.15, 0.2) is 0 Å². The summed E-state index contributed by atoms with van der Waals surface area (Å²) in [7, 11) is 0. The molecule has 1 saturated carbocycles. The van der Waals surface area contributed by atoms with Crippen LogP contribution in [0.2, 0.25) is 0 Å². The molecule has 1 aliphatic carbocycles. The van der Waals surface area contributed by atoms with Crippen LogP contribution >= 0.6 is 0 Å². The van der Waals surface area contributed by atoms with Gasteiger partial charge in [0.2, 0.25) is 5.91 Å². The molecule has 0 saturated heterocycles. The SMILES string of the molecule is CCC[C@H](C)CCCC(=O)N[C@H]1C(C)(C)[C@H](Oc2ccc(C#N)c(CC)c2)C1(C)C. The number of rotatable bonds is 10. The Hall–Kier alpha value is -2.02. The zero-order valence-corrected chi connectivity index (χ0v) is 20.0. The first-order valence-electron chi connectivity index (χ1n) is 11.6. The number of amides is 1. The van der Waals surface area contributed by atoms with Gasteiger partial charge in [0.05, 0.1) is 11.6 Å². The summed E-state index contributed by atoms with van der Waals surface area (Å²) in [5, 5.41) is 12.5. The lowest BCUT2D eigenvalue weighted by Gasteiger charge is -2.63.